The van der Waals surface area contributed by atoms with Gasteiger partial charge in [0.15, 0.2) is 0 Å². The van der Waals surface area contributed by atoms with Crippen molar-refractivity contribution >= 4 is 39.7 Å². The molecule has 0 aliphatic rings. The van der Waals surface area contributed by atoms with E-state index in [0.29, 0.717) is 5.75 Å². The van der Waals surface area contributed by atoms with Crippen molar-refractivity contribution in [3.05, 3.63) is 53.4 Å². The molecule has 1 heterocycles. The Labute approximate surface area is 138 Å². The zero-order chi connectivity index (χ0) is 15.7. The lowest BCUT2D eigenvalue weighted by Gasteiger charge is -2.13. The summed E-state index contributed by atoms with van der Waals surface area (Å²) in [6.07, 6.45) is 0. The molecule has 1 atom stereocenters. The molecule has 0 fully saturated rings. The van der Waals surface area contributed by atoms with Crippen LogP contribution in [-0.4, -0.2) is 11.3 Å². The third-order valence-electron chi connectivity index (χ3n) is 3.40. The van der Waals surface area contributed by atoms with Gasteiger partial charge < -0.3 is 4.74 Å². The van der Waals surface area contributed by atoms with Crippen molar-refractivity contribution in [2.24, 2.45) is 0 Å². The molecule has 3 aromatic rings. The standard InChI is InChI=1S/C18H15ClO2S/c1-11-9-16(22-10-11)15-8-7-13-5-3-4-6-14(13)17(15)21-18(20)12(2)19/h3-10,12H,1-2H3. The molecule has 0 N–H and O–H groups in total. The fourth-order valence-corrected chi connectivity index (χ4v) is 3.27. The van der Waals surface area contributed by atoms with E-state index in [1.807, 2.05) is 43.3 Å². The molecule has 0 aliphatic carbocycles. The van der Waals surface area contributed by atoms with Gasteiger partial charge in [-0.05, 0) is 42.3 Å². The Morgan fingerprint density at radius 1 is 1.23 bits per heavy atom. The summed E-state index contributed by atoms with van der Waals surface area (Å²) in [5.41, 5.74) is 2.11. The number of hydrogen-bond acceptors (Lipinski definition) is 3. The van der Waals surface area contributed by atoms with E-state index in [1.54, 1.807) is 18.3 Å². The van der Waals surface area contributed by atoms with E-state index in [-0.39, 0.29) is 0 Å². The van der Waals surface area contributed by atoms with E-state index in [4.69, 9.17) is 16.3 Å². The number of alkyl halides is 1. The van der Waals surface area contributed by atoms with Crippen LogP contribution in [0.5, 0.6) is 5.75 Å². The number of carbonyl (C=O) groups excluding carboxylic acids is 1. The van der Waals surface area contributed by atoms with Crippen LogP contribution in [0.1, 0.15) is 12.5 Å². The average Bonchev–Trinajstić information content (AvgIpc) is 2.93. The largest absolute Gasteiger partial charge is 0.424 e. The molecular weight excluding hydrogens is 316 g/mol. The quantitative estimate of drug-likeness (QED) is 0.364. The monoisotopic (exact) mass is 330 g/mol. The minimum atomic E-state index is -0.683. The number of carbonyl (C=O) groups is 1. The van der Waals surface area contributed by atoms with Crippen molar-refractivity contribution in [3.63, 3.8) is 0 Å². The zero-order valence-corrected chi connectivity index (χ0v) is 13.9. The minimum absolute atomic E-state index is 0.437. The van der Waals surface area contributed by atoms with Crippen molar-refractivity contribution in [2.45, 2.75) is 19.2 Å². The first-order valence-electron chi connectivity index (χ1n) is 6.99. The SMILES string of the molecule is Cc1csc(-c2ccc3ccccc3c2OC(=O)C(C)Cl)c1. The van der Waals surface area contributed by atoms with Crippen molar-refractivity contribution in [1.82, 2.24) is 0 Å². The molecule has 1 unspecified atom stereocenters. The molecule has 2 nitrogen and oxygen atoms in total. The molecule has 22 heavy (non-hydrogen) atoms. The van der Waals surface area contributed by atoms with Crippen LogP contribution in [0, 0.1) is 6.92 Å². The molecule has 0 saturated carbocycles. The molecular formula is C18H15ClO2S. The van der Waals surface area contributed by atoms with Gasteiger partial charge in [0.25, 0.3) is 0 Å². The first kappa shape index (κ1) is 15.1. The average molecular weight is 331 g/mol. The Kier molecular flexibility index (Phi) is 4.19. The summed E-state index contributed by atoms with van der Waals surface area (Å²) in [5, 5.41) is 3.35. The lowest BCUT2D eigenvalue weighted by Crippen LogP contribution is -2.18. The summed E-state index contributed by atoms with van der Waals surface area (Å²) in [7, 11) is 0. The van der Waals surface area contributed by atoms with Gasteiger partial charge >= 0.3 is 5.97 Å². The molecule has 0 bridgehead atoms. The number of esters is 1. The molecule has 2 aromatic carbocycles. The van der Waals surface area contributed by atoms with Crippen LogP contribution in [0.4, 0.5) is 0 Å². The normalized spacial score (nSPS) is 12.3. The highest BCUT2D eigenvalue weighted by Gasteiger charge is 2.18. The second-order valence-electron chi connectivity index (χ2n) is 5.19. The zero-order valence-electron chi connectivity index (χ0n) is 12.3. The van der Waals surface area contributed by atoms with Gasteiger partial charge in [-0.15, -0.1) is 22.9 Å². The van der Waals surface area contributed by atoms with Crippen LogP contribution in [0.3, 0.4) is 0 Å². The van der Waals surface area contributed by atoms with Gasteiger partial charge in [0, 0.05) is 15.8 Å². The van der Waals surface area contributed by atoms with Crippen molar-refractivity contribution in [3.8, 4) is 16.2 Å². The lowest BCUT2D eigenvalue weighted by molar-refractivity contribution is -0.133. The number of rotatable bonds is 3. The summed E-state index contributed by atoms with van der Waals surface area (Å²) in [5.74, 6) is 0.144. The van der Waals surface area contributed by atoms with Crippen molar-refractivity contribution < 1.29 is 9.53 Å². The second kappa shape index (κ2) is 6.11. The molecule has 0 amide bonds. The fraction of sp³-hybridized carbons (Fsp3) is 0.167. The highest BCUT2D eigenvalue weighted by atomic mass is 35.5. The maximum atomic E-state index is 12.0. The molecule has 0 spiro atoms. The Bertz CT molecular complexity index is 836. The van der Waals surface area contributed by atoms with Gasteiger partial charge in [0.2, 0.25) is 0 Å². The Morgan fingerprint density at radius 3 is 2.68 bits per heavy atom. The van der Waals surface area contributed by atoms with Crippen LogP contribution in [0.15, 0.2) is 47.8 Å². The second-order valence-corrected chi connectivity index (χ2v) is 6.75. The molecule has 112 valence electrons. The number of aryl methyl sites for hydroxylation is 1. The van der Waals surface area contributed by atoms with Crippen LogP contribution < -0.4 is 4.74 Å². The number of benzene rings is 2. The molecule has 0 radical (unpaired) electrons. The number of fused-ring (bicyclic) bond motifs is 1. The maximum Gasteiger partial charge on any atom is 0.329 e. The van der Waals surface area contributed by atoms with E-state index in [2.05, 4.69) is 11.4 Å². The van der Waals surface area contributed by atoms with Gasteiger partial charge in [-0.2, -0.15) is 0 Å². The molecule has 3 rings (SSSR count). The van der Waals surface area contributed by atoms with Gasteiger partial charge in [0.1, 0.15) is 11.1 Å². The Hall–Kier alpha value is -1.84. The summed E-state index contributed by atoms with van der Waals surface area (Å²) >= 11 is 7.50. The maximum absolute atomic E-state index is 12.0. The Balaban J connectivity index is 2.20. The third kappa shape index (κ3) is 2.87. The highest BCUT2D eigenvalue weighted by molar-refractivity contribution is 7.13. The number of halogens is 1. The van der Waals surface area contributed by atoms with E-state index in [1.165, 1.54) is 5.56 Å². The first-order valence-corrected chi connectivity index (χ1v) is 8.31. The molecule has 0 aliphatic heterocycles. The van der Waals surface area contributed by atoms with Gasteiger partial charge in [-0.25, -0.2) is 0 Å². The summed E-state index contributed by atoms with van der Waals surface area (Å²) in [6.45, 7) is 3.66. The highest BCUT2D eigenvalue weighted by Crippen LogP contribution is 2.39. The van der Waals surface area contributed by atoms with E-state index < -0.39 is 11.3 Å². The van der Waals surface area contributed by atoms with Crippen LogP contribution in [0.2, 0.25) is 0 Å². The predicted molar refractivity (Wildman–Crippen MR) is 92.9 cm³/mol. The fourth-order valence-electron chi connectivity index (χ4n) is 2.30. The summed E-state index contributed by atoms with van der Waals surface area (Å²) in [6, 6.07) is 14.0. The summed E-state index contributed by atoms with van der Waals surface area (Å²) in [4.78, 5) is 13.1. The summed E-state index contributed by atoms with van der Waals surface area (Å²) < 4.78 is 5.62. The van der Waals surface area contributed by atoms with Crippen molar-refractivity contribution in [2.75, 3.05) is 0 Å². The topological polar surface area (TPSA) is 26.3 Å². The van der Waals surface area contributed by atoms with Gasteiger partial charge in [-0.3, -0.25) is 4.79 Å². The number of hydrogen-bond donors (Lipinski definition) is 0. The minimum Gasteiger partial charge on any atom is -0.424 e. The third-order valence-corrected chi connectivity index (χ3v) is 4.66. The lowest BCUT2D eigenvalue weighted by atomic mass is 10.0. The van der Waals surface area contributed by atoms with E-state index in [0.717, 1.165) is 21.2 Å². The number of thiophene rings is 1. The van der Waals surface area contributed by atoms with E-state index >= 15 is 0 Å². The van der Waals surface area contributed by atoms with Crippen LogP contribution >= 0.6 is 22.9 Å². The first-order chi connectivity index (χ1) is 10.6. The predicted octanol–water partition coefficient (Wildman–Crippen LogP) is 5.41. The van der Waals surface area contributed by atoms with Crippen molar-refractivity contribution in [1.29, 1.82) is 0 Å². The van der Waals surface area contributed by atoms with Crippen LogP contribution in [-0.2, 0) is 4.79 Å². The van der Waals surface area contributed by atoms with E-state index in [9.17, 15) is 4.79 Å². The molecule has 1 aromatic heterocycles. The smallest absolute Gasteiger partial charge is 0.329 e. The molecule has 4 heteroatoms. The van der Waals surface area contributed by atoms with Crippen LogP contribution in [0.25, 0.3) is 21.2 Å². The molecule has 0 saturated heterocycles. The van der Waals surface area contributed by atoms with Gasteiger partial charge in [-0.1, -0.05) is 30.3 Å². The van der Waals surface area contributed by atoms with Gasteiger partial charge in [0.05, 0.1) is 0 Å². The Morgan fingerprint density at radius 2 is 2.00 bits per heavy atom. The number of ether oxygens (including phenoxy) is 1.